The number of aromatic nitrogens is 3. The molecular weight excluding hydrogens is 438 g/mol. The highest BCUT2D eigenvalue weighted by atomic mass is 32.2. The molecule has 9 nitrogen and oxygen atoms in total. The average molecular weight is 456 g/mol. The van der Waals surface area contributed by atoms with Crippen molar-refractivity contribution in [2.45, 2.75) is 4.90 Å². The number of pyridine rings is 3. The van der Waals surface area contributed by atoms with Gasteiger partial charge in [0, 0.05) is 35.4 Å². The number of primary sulfonamides is 1. The molecule has 31 heavy (non-hydrogen) atoms. The van der Waals surface area contributed by atoms with Crippen LogP contribution >= 0.6 is 0 Å². The number of anilines is 1. The lowest BCUT2D eigenvalue weighted by Gasteiger charge is -2.09. The highest BCUT2D eigenvalue weighted by Crippen LogP contribution is 2.29. The SMILES string of the molecule is CS(=O)(=O)Nc1ccc(-c2ccnc3ccc(-c4cncc(S(N)(=O)=O)c4)nc23)cc1. The maximum Gasteiger partial charge on any atom is 0.239 e. The first-order valence-corrected chi connectivity index (χ1v) is 12.4. The summed E-state index contributed by atoms with van der Waals surface area (Å²) in [4.78, 5) is 12.9. The van der Waals surface area contributed by atoms with E-state index >= 15 is 0 Å². The van der Waals surface area contributed by atoms with Gasteiger partial charge in [-0.2, -0.15) is 0 Å². The van der Waals surface area contributed by atoms with E-state index in [9.17, 15) is 16.8 Å². The Morgan fingerprint density at radius 2 is 1.65 bits per heavy atom. The second-order valence-corrected chi connectivity index (χ2v) is 10.1. The van der Waals surface area contributed by atoms with Gasteiger partial charge in [-0.1, -0.05) is 12.1 Å². The fourth-order valence-corrected chi connectivity index (χ4v) is 4.13. The normalized spacial score (nSPS) is 12.1. The molecule has 0 radical (unpaired) electrons. The molecule has 0 saturated heterocycles. The molecule has 4 rings (SSSR count). The minimum absolute atomic E-state index is 0.104. The lowest BCUT2D eigenvalue weighted by atomic mass is 10.0. The highest BCUT2D eigenvalue weighted by Gasteiger charge is 2.13. The van der Waals surface area contributed by atoms with Crippen LogP contribution in [0.25, 0.3) is 33.4 Å². The molecule has 4 aromatic rings. The Hall–Kier alpha value is -3.41. The average Bonchev–Trinajstić information content (AvgIpc) is 2.72. The molecule has 158 valence electrons. The first kappa shape index (κ1) is 20.8. The lowest BCUT2D eigenvalue weighted by molar-refractivity contribution is 0.597. The standard InChI is InChI=1S/C20H17N5O4S2/c1-30(26,27)25-15-4-2-13(3-5-15)17-8-9-23-19-7-6-18(24-20(17)19)14-10-16(12-22-11-14)31(21,28)29/h2-12,25H,1H3,(H2,21,28,29). The Balaban J connectivity index is 1.80. The van der Waals surface area contributed by atoms with Crippen molar-refractivity contribution in [3.63, 3.8) is 0 Å². The molecule has 3 aromatic heterocycles. The zero-order valence-corrected chi connectivity index (χ0v) is 17.9. The topological polar surface area (TPSA) is 145 Å². The van der Waals surface area contributed by atoms with E-state index in [1.54, 1.807) is 48.7 Å². The van der Waals surface area contributed by atoms with E-state index in [1.807, 2.05) is 0 Å². The van der Waals surface area contributed by atoms with Gasteiger partial charge in [-0.15, -0.1) is 0 Å². The Bertz CT molecular complexity index is 1500. The van der Waals surface area contributed by atoms with Crippen LogP contribution in [-0.4, -0.2) is 38.0 Å². The summed E-state index contributed by atoms with van der Waals surface area (Å²) in [7, 11) is -7.27. The third-order valence-electron chi connectivity index (χ3n) is 4.42. The number of nitrogens with zero attached hydrogens (tertiary/aromatic N) is 3. The molecule has 0 bridgehead atoms. The van der Waals surface area contributed by atoms with Gasteiger partial charge in [0.25, 0.3) is 0 Å². The summed E-state index contributed by atoms with van der Waals surface area (Å²) >= 11 is 0. The van der Waals surface area contributed by atoms with Gasteiger partial charge >= 0.3 is 0 Å². The second-order valence-electron chi connectivity index (χ2n) is 6.83. The van der Waals surface area contributed by atoms with E-state index in [2.05, 4.69) is 19.7 Å². The van der Waals surface area contributed by atoms with E-state index in [4.69, 9.17) is 5.14 Å². The van der Waals surface area contributed by atoms with Crippen LogP contribution in [0.2, 0.25) is 0 Å². The number of rotatable bonds is 5. The zero-order chi connectivity index (χ0) is 22.2. The third-order valence-corrected chi connectivity index (χ3v) is 5.91. The van der Waals surface area contributed by atoms with E-state index in [0.717, 1.165) is 17.4 Å². The summed E-state index contributed by atoms with van der Waals surface area (Å²) in [5, 5.41) is 5.20. The molecular formula is C20H17N5O4S2. The third kappa shape index (κ3) is 4.68. The van der Waals surface area contributed by atoms with Gasteiger partial charge in [0.05, 0.1) is 23.0 Å². The monoisotopic (exact) mass is 455 g/mol. The van der Waals surface area contributed by atoms with Crippen LogP contribution in [0.1, 0.15) is 0 Å². The molecule has 0 spiro atoms. The summed E-state index contributed by atoms with van der Waals surface area (Å²) in [6.45, 7) is 0. The molecule has 0 amide bonds. The van der Waals surface area contributed by atoms with Crippen molar-refractivity contribution in [3.05, 3.63) is 67.1 Å². The minimum atomic E-state index is -3.90. The molecule has 0 fully saturated rings. The molecule has 0 aliphatic heterocycles. The largest absolute Gasteiger partial charge is 0.284 e. The highest BCUT2D eigenvalue weighted by molar-refractivity contribution is 7.92. The predicted molar refractivity (Wildman–Crippen MR) is 118 cm³/mol. The van der Waals surface area contributed by atoms with E-state index in [-0.39, 0.29) is 4.90 Å². The molecule has 11 heteroatoms. The van der Waals surface area contributed by atoms with Gasteiger partial charge in [0.2, 0.25) is 20.0 Å². The number of fused-ring (bicyclic) bond motifs is 1. The van der Waals surface area contributed by atoms with Crippen molar-refractivity contribution < 1.29 is 16.8 Å². The smallest absolute Gasteiger partial charge is 0.239 e. The molecule has 1 aromatic carbocycles. The van der Waals surface area contributed by atoms with Gasteiger partial charge in [-0.25, -0.2) is 27.0 Å². The predicted octanol–water partition coefficient (Wildman–Crippen LogP) is 2.38. The summed E-state index contributed by atoms with van der Waals surface area (Å²) in [6.07, 6.45) is 5.43. The minimum Gasteiger partial charge on any atom is -0.284 e. The lowest BCUT2D eigenvalue weighted by Crippen LogP contribution is -2.12. The fraction of sp³-hybridized carbons (Fsp3) is 0.0500. The van der Waals surface area contributed by atoms with Crippen molar-refractivity contribution in [3.8, 4) is 22.4 Å². The first-order valence-electron chi connectivity index (χ1n) is 8.92. The Morgan fingerprint density at radius 3 is 2.32 bits per heavy atom. The van der Waals surface area contributed by atoms with Gasteiger partial charge in [0.1, 0.15) is 4.90 Å². The van der Waals surface area contributed by atoms with Gasteiger partial charge in [-0.3, -0.25) is 14.7 Å². The van der Waals surface area contributed by atoms with Crippen molar-refractivity contribution >= 4 is 36.8 Å². The van der Waals surface area contributed by atoms with Crippen LogP contribution in [0.15, 0.2) is 72.0 Å². The Labute approximate surface area is 179 Å². The summed E-state index contributed by atoms with van der Waals surface area (Å²) in [5.41, 5.74) is 4.30. The number of benzene rings is 1. The van der Waals surface area contributed by atoms with Crippen molar-refractivity contribution in [1.82, 2.24) is 15.0 Å². The molecule has 0 saturated carbocycles. The molecule has 3 N–H and O–H groups in total. The summed E-state index contributed by atoms with van der Waals surface area (Å²) < 4.78 is 48.5. The molecule has 0 aliphatic carbocycles. The van der Waals surface area contributed by atoms with Crippen LogP contribution in [0.3, 0.4) is 0 Å². The van der Waals surface area contributed by atoms with Crippen LogP contribution < -0.4 is 9.86 Å². The second kappa shape index (κ2) is 7.69. The number of hydrogen-bond acceptors (Lipinski definition) is 7. The van der Waals surface area contributed by atoms with Crippen LogP contribution in [-0.2, 0) is 20.0 Å². The maximum absolute atomic E-state index is 11.6. The fourth-order valence-electron chi connectivity index (χ4n) is 3.07. The Kier molecular flexibility index (Phi) is 5.17. The molecule has 0 atom stereocenters. The van der Waals surface area contributed by atoms with Crippen molar-refractivity contribution in [2.24, 2.45) is 5.14 Å². The van der Waals surface area contributed by atoms with E-state index in [0.29, 0.717) is 28.0 Å². The quantitative estimate of drug-likeness (QED) is 0.470. The molecule has 0 aliphatic rings. The number of hydrogen-bond donors (Lipinski definition) is 2. The summed E-state index contributed by atoms with van der Waals surface area (Å²) in [6, 6.07) is 13.6. The van der Waals surface area contributed by atoms with Gasteiger partial charge in [0.15, 0.2) is 0 Å². The van der Waals surface area contributed by atoms with Crippen molar-refractivity contribution in [1.29, 1.82) is 0 Å². The van der Waals surface area contributed by atoms with Crippen LogP contribution in [0, 0.1) is 0 Å². The molecule has 3 heterocycles. The van der Waals surface area contributed by atoms with E-state index in [1.165, 1.54) is 18.5 Å². The van der Waals surface area contributed by atoms with Crippen LogP contribution in [0.5, 0.6) is 0 Å². The number of nitrogens with two attached hydrogens (primary N) is 1. The number of nitrogens with one attached hydrogen (secondary N) is 1. The molecule has 0 unspecified atom stereocenters. The van der Waals surface area contributed by atoms with Gasteiger partial charge < -0.3 is 0 Å². The van der Waals surface area contributed by atoms with Gasteiger partial charge in [-0.05, 0) is 42.0 Å². The first-order chi connectivity index (χ1) is 14.6. The summed E-state index contributed by atoms with van der Waals surface area (Å²) in [5.74, 6) is 0. The Morgan fingerprint density at radius 1 is 0.903 bits per heavy atom. The zero-order valence-electron chi connectivity index (χ0n) is 16.2. The maximum atomic E-state index is 11.6. The van der Waals surface area contributed by atoms with E-state index < -0.39 is 20.0 Å². The van der Waals surface area contributed by atoms with Crippen LogP contribution in [0.4, 0.5) is 5.69 Å². The van der Waals surface area contributed by atoms with Crippen molar-refractivity contribution in [2.75, 3.05) is 11.0 Å². The number of sulfonamides is 2.